The number of rotatable bonds is 7. The lowest BCUT2D eigenvalue weighted by Gasteiger charge is -2.28. The summed E-state index contributed by atoms with van der Waals surface area (Å²) >= 11 is 3.26. The number of nitrogens with zero attached hydrogens (tertiary/aromatic N) is 1. The number of carbonyl (C=O) groups is 1. The van der Waals surface area contributed by atoms with Crippen LogP contribution in [0.1, 0.15) is 36.0 Å². The Balaban J connectivity index is 2.10. The van der Waals surface area contributed by atoms with Crippen LogP contribution in [0.2, 0.25) is 0 Å². The number of halogens is 1. The topological polar surface area (TPSA) is 65.7 Å². The molecular formula is C17H21BrN2O3. The standard InChI is InChI=1S/C17H21BrN2O3/c1-3-20(4-2)14(16-6-5-9-23-16)11-19-17(22)13-8-7-12(18)10-15(13)21/h5-10,14,21H,3-4,11H2,1-2H3,(H,19,22). The predicted molar refractivity (Wildman–Crippen MR) is 92.5 cm³/mol. The summed E-state index contributed by atoms with van der Waals surface area (Å²) < 4.78 is 6.23. The maximum atomic E-state index is 12.3. The van der Waals surface area contributed by atoms with Gasteiger partial charge in [0.05, 0.1) is 17.9 Å². The second-order valence-electron chi connectivity index (χ2n) is 5.12. The highest BCUT2D eigenvalue weighted by Gasteiger charge is 2.22. The first-order chi connectivity index (χ1) is 11.1. The molecule has 1 atom stereocenters. The number of aromatic hydroxyl groups is 1. The molecule has 2 rings (SSSR count). The fourth-order valence-electron chi connectivity index (χ4n) is 2.54. The fraction of sp³-hybridized carbons (Fsp3) is 0.353. The van der Waals surface area contributed by atoms with Crippen molar-refractivity contribution in [1.29, 1.82) is 0 Å². The van der Waals surface area contributed by atoms with Gasteiger partial charge < -0.3 is 14.8 Å². The minimum atomic E-state index is -0.307. The van der Waals surface area contributed by atoms with Crippen molar-refractivity contribution >= 4 is 21.8 Å². The maximum Gasteiger partial charge on any atom is 0.255 e. The van der Waals surface area contributed by atoms with E-state index in [1.807, 2.05) is 12.1 Å². The van der Waals surface area contributed by atoms with Crippen LogP contribution in [0.3, 0.4) is 0 Å². The lowest BCUT2D eigenvalue weighted by molar-refractivity contribution is 0.0927. The van der Waals surface area contributed by atoms with E-state index in [0.717, 1.165) is 23.3 Å². The summed E-state index contributed by atoms with van der Waals surface area (Å²) in [5.41, 5.74) is 0.256. The first-order valence-corrected chi connectivity index (χ1v) is 8.40. The molecule has 0 fully saturated rings. The number of likely N-dealkylation sites (N-methyl/N-ethyl adjacent to an activating group) is 1. The minimum Gasteiger partial charge on any atom is -0.507 e. The molecule has 0 saturated heterocycles. The van der Waals surface area contributed by atoms with Gasteiger partial charge in [0.1, 0.15) is 11.5 Å². The van der Waals surface area contributed by atoms with Crippen molar-refractivity contribution in [3.05, 3.63) is 52.4 Å². The average molecular weight is 381 g/mol. The molecule has 1 amide bonds. The molecule has 1 aromatic carbocycles. The van der Waals surface area contributed by atoms with Crippen LogP contribution in [-0.2, 0) is 0 Å². The van der Waals surface area contributed by atoms with Crippen LogP contribution in [0.15, 0.2) is 45.5 Å². The number of amides is 1. The second-order valence-corrected chi connectivity index (χ2v) is 6.04. The van der Waals surface area contributed by atoms with Crippen molar-refractivity contribution in [3.63, 3.8) is 0 Å². The van der Waals surface area contributed by atoms with E-state index in [1.54, 1.807) is 18.4 Å². The Morgan fingerprint density at radius 1 is 1.35 bits per heavy atom. The van der Waals surface area contributed by atoms with E-state index in [9.17, 15) is 9.90 Å². The molecule has 0 aliphatic heterocycles. The van der Waals surface area contributed by atoms with Gasteiger partial charge in [0, 0.05) is 11.0 Å². The number of phenolic OH excluding ortho intramolecular Hbond substituents is 1. The highest BCUT2D eigenvalue weighted by molar-refractivity contribution is 9.10. The predicted octanol–water partition coefficient (Wildman–Crippen LogP) is 3.56. The Morgan fingerprint density at radius 3 is 2.65 bits per heavy atom. The number of furan rings is 1. The van der Waals surface area contributed by atoms with Gasteiger partial charge in [-0.2, -0.15) is 0 Å². The number of carbonyl (C=O) groups excluding carboxylic acids is 1. The summed E-state index contributed by atoms with van der Waals surface area (Å²) in [5.74, 6) is 0.460. The number of hydrogen-bond donors (Lipinski definition) is 2. The Labute approximate surface area is 144 Å². The summed E-state index contributed by atoms with van der Waals surface area (Å²) in [6.45, 7) is 6.25. The first kappa shape index (κ1) is 17.6. The summed E-state index contributed by atoms with van der Waals surface area (Å²) in [6, 6.07) is 8.53. The molecule has 2 N–H and O–H groups in total. The van der Waals surface area contributed by atoms with E-state index in [4.69, 9.17) is 4.42 Å². The SMILES string of the molecule is CCN(CC)C(CNC(=O)c1ccc(Br)cc1O)c1ccco1. The molecular weight excluding hydrogens is 360 g/mol. The highest BCUT2D eigenvalue weighted by atomic mass is 79.9. The van der Waals surface area contributed by atoms with Crippen molar-refractivity contribution in [2.75, 3.05) is 19.6 Å². The van der Waals surface area contributed by atoms with Crippen molar-refractivity contribution in [2.24, 2.45) is 0 Å². The smallest absolute Gasteiger partial charge is 0.255 e. The molecule has 23 heavy (non-hydrogen) atoms. The van der Waals surface area contributed by atoms with E-state index in [2.05, 4.69) is 40.0 Å². The second kappa shape index (κ2) is 8.17. The van der Waals surface area contributed by atoms with Crippen molar-refractivity contribution in [3.8, 4) is 5.75 Å². The number of nitrogens with one attached hydrogen (secondary N) is 1. The van der Waals surface area contributed by atoms with E-state index < -0.39 is 0 Å². The van der Waals surface area contributed by atoms with E-state index in [0.29, 0.717) is 6.54 Å². The Kier molecular flexibility index (Phi) is 6.24. The van der Waals surface area contributed by atoms with Crippen LogP contribution >= 0.6 is 15.9 Å². The largest absolute Gasteiger partial charge is 0.507 e. The van der Waals surface area contributed by atoms with Crippen LogP contribution in [0.25, 0.3) is 0 Å². The van der Waals surface area contributed by atoms with Gasteiger partial charge in [0.2, 0.25) is 0 Å². The average Bonchev–Trinajstić information content (AvgIpc) is 3.05. The Morgan fingerprint density at radius 2 is 2.09 bits per heavy atom. The van der Waals surface area contributed by atoms with Crippen molar-refractivity contribution in [1.82, 2.24) is 10.2 Å². The molecule has 0 radical (unpaired) electrons. The zero-order chi connectivity index (χ0) is 16.8. The van der Waals surface area contributed by atoms with E-state index in [1.165, 1.54) is 6.07 Å². The first-order valence-electron chi connectivity index (χ1n) is 7.61. The molecule has 0 saturated carbocycles. The van der Waals surface area contributed by atoms with Gasteiger partial charge in [0.25, 0.3) is 5.91 Å². The lowest BCUT2D eigenvalue weighted by atomic mass is 10.1. The quantitative estimate of drug-likeness (QED) is 0.770. The van der Waals surface area contributed by atoms with Gasteiger partial charge in [0.15, 0.2) is 0 Å². The molecule has 0 bridgehead atoms. The molecule has 0 aliphatic carbocycles. The summed E-state index contributed by atoms with van der Waals surface area (Å²) in [5, 5.41) is 12.8. The Hall–Kier alpha value is -1.79. The number of benzene rings is 1. The highest BCUT2D eigenvalue weighted by Crippen LogP contribution is 2.23. The van der Waals surface area contributed by atoms with E-state index >= 15 is 0 Å². The normalized spacial score (nSPS) is 12.3. The third-order valence-electron chi connectivity index (χ3n) is 3.79. The number of phenols is 1. The van der Waals surface area contributed by atoms with Crippen molar-refractivity contribution in [2.45, 2.75) is 19.9 Å². The lowest BCUT2D eigenvalue weighted by Crippen LogP contribution is -2.37. The van der Waals surface area contributed by atoms with Crippen LogP contribution in [0.4, 0.5) is 0 Å². The zero-order valence-corrected chi connectivity index (χ0v) is 14.8. The molecule has 2 aromatic rings. The minimum absolute atomic E-state index is 0.0402. The maximum absolute atomic E-state index is 12.3. The number of hydrogen-bond acceptors (Lipinski definition) is 4. The molecule has 1 aromatic heterocycles. The van der Waals surface area contributed by atoms with Gasteiger partial charge in [-0.1, -0.05) is 29.8 Å². The van der Waals surface area contributed by atoms with Gasteiger partial charge in [-0.15, -0.1) is 0 Å². The Bertz CT molecular complexity index is 639. The molecule has 0 spiro atoms. The summed E-state index contributed by atoms with van der Waals surface area (Å²) in [6.07, 6.45) is 1.63. The van der Waals surface area contributed by atoms with Crippen molar-refractivity contribution < 1.29 is 14.3 Å². The molecule has 6 heteroatoms. The molecule has 5 nitrogen and oxygen atoms in total. The third kappa shape index (κ3) is 4.36. The van der Waals surface area contributed by atoms with E-state index in [-0.39, 0.29) is 23.3 Å². The molecule has 0 aliphatic rings. The van der Waals surface area contributed by atoms with Gasteiger partial charge in [-0.25, -0.2) is 0 Å². The molecule has 1 heterocycles. The van der Waals surface area contributed by atoms with Gasteiger partial charge in [-0.3, -0.25) is 9.69 Å². The van der Waals surface area contributed by atoms with Crippen LogP contribution in [0.5, 0.6) is 5.75 Å². The summed E-state index contributed by atoms with van der Waals surface area (Å²) in [4.78, 5) is 14.5. The van der Waals surface area contributed by atoms with Crippen LogP contribution < -0.4 is 5.32 Å². The third-order valence-corrected chi connectivity index (χ3v) is 4.28. The van der Waals surface area contributed by atoms with Crippen LogP contribution in [-0.4, -0.2) is 35.5 Å². The monoisotopic (exact) mass is 380 g/mol. The molecule has 1 unspecified atom stereocenters. The summed E-state index contributed by atoms with van der Waals surface area (Å²) in [7, 11) is 0. The van der Waals surface area contributed by atoms with Gasteiger partial charge in [-0.05, 0) is 43.4 Å². The van der Waals surface area contributed by atoms with Gasteiger partial charge >= 0.3 is 0 Å². The fourth-order valence-corrected chi connectivity index (χ4v) is 2.89. The zero-order valence-electron chi connectivity index (χ0n) is 13.3. The van der Waals surface area contributed by atoms with Crippen LogP contribution in [0, 0.1) is 0 Å². The molecule has 124 valence electrons.